The summed E-state index contributed by atoms with van der Waals surface area (Å²) in [6.45, 7) is 2.06. The first-order valence-electron chi connectivity index (χ1n) is 6.27. The first-order valence-corrected chi connectivity index (χ1v) is 6.27. The quantitative estimate of drug-likeness (QED) is 0.844. The van der Waals surface area contributed by atoms with E-state index < -0.39 is 0 Å². The Morgan fingerprint density at radius 2 is 1.88 bits per heavy atom. The largest absolute Gasteiger partial charge is 0.371 e. The van der Waals surface area contributed by atoms with Crippen LogP contribution in [0.2, 0.25) is 0 Å². The lowest BCUT2D eigenvalue weighted by molar-refractivity contribution is 0.647. The van der Waals surface area contributed by atoms with Crippen LogP contribution >= 0.6 is 0 Å². The monoisotopic (exact) mass is 218 g/mol. The minimum Gasteiger partial charge on any atom is -0.371 e. The van der Waals surface area contributed by atoms with Crippen LogP contribution in [-0.4, -0.2) is 13.1 Å². The fourth-order valence-electron chi connectivity index (χ4n) is 2.68. The molecule has 0 aromatic heterocycles. The molecule has 2 nitrogen and oxygen atoms in total. The molecule has 0 aliphatic heterocycles. The van der Waals surface area contributed by atoms with Gasteiger partial charge in [-0.2, -0.15) is 0 Å². The van der Waals surface area contributed by atoms with E-state index in [2.05, 4.69) is 43.1 Å². The van der Waals surface area contributed by atoms with Gasteiger partial charge in [0.25, 0.3) is 0 Å². The molecule has 1 aliphatic rings. The lowest BCUT2D eigenvalue weighted by atomic mass is 10.0. The maximum absolute atomic E-state index is 6.02. The first-order chi connectivity index (χ1) is 7.70. The van der Waals surface area contributed by atoms with Gasteiger partial charge in [-0.25, -0.2) is 0 Å². The molecule has 0 unspecified atom stereocenters. The number of rotatable bonds is 3. The molecule has 0 bridgehead atoms. The van der Waals surface area contributed by atoms with Gasteiger partial charge in [0.2, 0.25) is 0 Å². The molecule has 0 heterocycles. The summed E-state index contributed by atoms with van der Waals surface area (Å²) < 4.78 is 0. The van der Waals surface area contributed by atoms with E-state index in [1.807, 2.05) is 0 Å². The molecule has 16 heavy (non-hydrogen) atoms. The third kappa shape index (κ3) is 2.22. The molecule has 1 aromatic carbocycles. The predicted octanol–water partition coefficient (Wildman–Crippen LogP) is 3.09. The molecule has 0 spiro atoms. The highest BCUT2D eigenvalue weighted by Gasteiger charge is 2.21. The summed E-state index contributed by atoms with van der Waals surface area (Å²) in [7, 11) is 2.21. The second kappa shape index (κ2) is 4.88. The van der Waals surface area contributed by atoms with Gasteiger partial charge in [-0.15, -0.1) is 0 Å². The molecule has 1 atom stereocenters. The highest BCUT2D eigenvalue weighted by Crippen LogP contribution is 2.30. The van der Waals surface area contributed by atoms with Crippen molar-refractivity contribution in [2.45, 2.75) is 44.7 Å². The zero-order chi connectivity index (χ0) is 11.5. The lowest BCUT2D eigenvalue weighted by Gasteiger charge is -2.29. The van der Waals surface area contributed by atoms with E-state index in [0.29, 0.717) is 6.04 Å². The summed E-state index contributed by atoms with van der Waals surface area (Å²) in [5, 5.41) is 0. The smallest absolute Gasteiger partial charge is 0.0414 e. The number of benzene rings is 1. The van der Waals surface area contributed by atoms with Crippen molar-refractivity contribution in [2.75, 3.05) is 11.9 Å². The first kappa shape index (κ1) is 11.5. The SMILES string of the molecule is C[C@H](N)c1ccccc1N(C)C1CCCC1. The number of hydrogen-bond acceptors (Lipinski definition) is 2. The Labute approximate surface area is 98.4 Å². The molecule has 0 saturated heterocycles. The second-order valence-corrected chi connectivity index (χ2v) is 4.90. The van der Waals surface area contributed by atoms with Gasteiger partial charge in [-0.1, -0.05) is 31.0 Å². The van der Waals surface area contributed by atoms with Crippen molar-refractivity contribution < 1.29 is 0 Å². The Kier molecular flexibility index (Phi) is 3.49. The standard InChI is InChI=1S/C14H22N2/c1-11(15)13-9-5-6-10-14(13)16(2)12-7-3-4-8-12/h5-6,9-12H,3-4,7-8,15H2,1-2H3/t11-/m0/s1. The van der Waals surface area contributed by atoms with Crippen LogP contribution in [0.5, 0.6) is 0 Å². The number of nitrogens with two attached hydrogens (primary N) is 1. The van der Waals surface area contributed by atoms with Gasteiger partial charge in [0.05, 0.1) is 0 Å². The summed E-state index contributed by atoms with van der Waals surface area (Å²) in [5.74, 6) is 0. The molecular weight excluding hydrogens is 196 g/mol. The zero-order valence-corrected chi connectivity index (χ0v) is 10.3. The number of hydrogen-bond donors (Lipinski definition) is 1. The van der Waals surface area contributed by atoms with Gasteiger partial charge < -0.3 is 10.6 Å². The van der Waals surface area contributed by atoms with Crippen LogP contribution in [0.1, 0.15) is 44.2 Å². The second-order valence-electron chi connectivity index (χ2n) is 4.90. The molecule has 2 rings (SSSR count). The highest BCUT2D eigenvalue weighted by atomic mass is 15.1. The van der Waals surface area contributed by atoms with Crippen molar-refractivity contribution in [1.29, 1.82) is 0 Å². The summed E-state index contributed by atoms with van der Waals surface area (Å²) in [5.41, 5.74) is 8.59. The maximum atomic E-state index is 6.02. The third-order valence-corrected chi connectivity index (χ3v) is 3.68. The van der Waals surface area contributed by atoms with Crippen LogP contribution in [-0.2, 0) is 0 Å². The molecule has 1 aliphatic carbocycles. The molecule has 1 aromatic rings. The average molecular weight is 218 g/mol. The van der Waals surface area contributed by atoms with E-state index in [1.54, 1.807) is 0 Å². The molecule has 2 heteroatoms. The third-order valence-electron chi connectivity index (χ3n) is 3.68. The normalized spacial score (nSPS) is 18.7. The Balaban J connectivity index is 2.24. The van der Waals surface area contributed by atoms with Crippen LogP contribution in [0.15, 0.2) is 24.3 Å². The van der Waals surface area contributed by atoms with Crippen LogP contribution in [0.4, 0.5) is 5.69 Å². The Morgan fingerprint density at radius 3 is 2.50 bits per heavy atom. The van der Waals surface area contributed by atoms with Crippen molar-refractivity contribution in [1.82, 2.24) is 0 Å². The summed E-state index contributed by atoms with van der Waals surface area (Å²) >= 11 is 0. The minimum absolute atomic E-state index is 0.111. The fourth-order valence-corrected chi connectivity index (χ4v) is 2.68. The van der Waals surface area contributed by atoms with E-state index in [0.717, 1.165) is 0 Å². The van der Waals surface area contributed by atoms with E-state index in [-0.39, 0.29) is 6.04 Å². The van der Waals surface area contributed by atoms with E-state index in [1.165, 1.54) is 36.9 Å². The van der Waals surface area contributed by atoms with Crippen molar-refractivity contribution in [2.24, 2.45) is 5.73 Å². The zero-order valence-electron chi connectivity index (χ0n) is 10.3. The van der Waals surface area contributed by atoms with E-state index >= 15 is 0 Å². The van der Waals surface area contributed by atoms with Gasteiger partial charge in [-0.05, 0) is 31.4 Å². The summed E-state index contributed by atoms with van der Waals surface area (Å²) in [4.78, 5) is 2.42. The predicted molar refractivity (Wildman–Crippen MR) is 69.7 cm³/mol. The van der Waals surface area contributed by atoms with Gasteiger partial charge in [0.1, 0.15) is 0 Å². The van der Waals surface area contributed by atoms with Crippen molar-refractivity contribution in [3.63, 3.8) is 0 Å². The number of nitrogens with zero attached hydrogens (tertiary/aromatic N) is 1. The molecule has 0 amide bonds. The fraction of sp³-hybridized carbons (Fsp3) is 0.571. The Bertz CT molecular complexity index is 340. The molecule has 0 radical (unpaired) electrons. The van der Waals surface area contributed by atoms with Gasteiger partial charge >= 0.3 is 0 Å². The van der Waals surface area contributed by atoms with Gasteiger partial charge in [0, 0.05) is 24.8 Å². The Hall–Kier alpha value is -1.02. The molecule has 2 N–H and O–H groups in total. The molecule has 1 saturated carbocycles. The van der Waals surface area contributed by atoms with E-state index in [4.69, 9.17) is 5.73 Å². The van der Waals surface area contributed by atoms with Crippen LogP contribution in [0.25, 0.3) is 0 Å². The summed E-state index contributed by atoms with van der Waals surface area (Å²) in [6, 6.07) is 9.33. The molecule has 88 valence electrons. The maximum Gasteiger partial charge on any atom is 0.0414 e. The topological polar surface area (TPSA) is 29.3 Å². The highest BCUT2D eigenvalue weighted by molar-refractivity contribution is 5.55. The number of para-hydroxylation sites is 1. The molecule has 1 fully saturated rings. The van der Waals surface area contributed by atoms with Crippen molar-refractivity contribution >= 4 is 5.69 Å². The number of anilines is 1. The van der Waals surface area contributed by atoms with Crippen molar-refractivity contribution in [3.05, 3.63) is 29.8 Å². The minimum atomic E-state index is 0.111. The van der Waals surface area contributed by atoms with E-state index in [9.17, 15) is 0 Å². The van der Waals surface area contributed by atoms with Crippen LogP contribution in [0, 0.1) is 0 Å². The van der Waals surface area contributed by atoms with Gasteiger partial charge in [0.15, 0.2) is 0 Å². The van der Waals surface area contributed by atoms with Crippen molar-refractivity contribution in [3.8, 4) is 0 Å². The van der Waals surface area contributed by atoms with Crippen LogP contribution in [0.3, 0.4) is 0 Å². The lowest BCUT2D eigenvalue weighted by Crippen LogP contribution is -2.30. The van der Waals surface area contributed by atoms with Gasteiger partial charge in [-0.3, -0.25) is 0 Å². The average Bonchev–Trinajstić information content (AvgIpc) is 2.81. The Morgan fingerprint density at radius 1 is 1.25 bits per heavy atom. The molecular formula is C14H22N2. The van der Waals surface area contributed by atoms with Crippen LogP contribution < -0.4 is 10.6 Å². The summed E-state index contributed by atoms with van der Waals surface area (Å²) in [6.07, 6.45) is 5.39.